The Morgan fingerprint density at radius 2 is 1.84 bits per heavy atom. The van der Waals surface area contributed by atoms with E-state index in [0.717, 1.165) is 24.1 Å². The molecular weight excluding hydrogens is 431 g/mol. The molecule has 1 unspecified atom stereocenters. The molecule has 2 aromatic carbocycles. The summed E-state index contributed by atoms with van der Waals surface area (Å²) in [6.07, 6.45) is 6.28. The third-order valence-electron chi connectivity index (χ3n) is 6.25. The molecule has 0 aromatic heterocycles. The van der Waals surface area contributed by atoms with E-state index < -0.39 is 0 Å². The van der Waals surface area contributed by atoms with Crippen LogP contribution in [-0.4, -0.2) is 29.1 Å². The lowest BCUT2D eigenvalue weighted by Gasteiger charge is -2.33. The lowest BCUT2D eigenvalue weighted by atomic mass is 9.93. The van der Waals surface area contributed by atoms with Gasteiger partial charge in [-0.3, -0.25) is 9.80 Å². The molecule has 2 N–H and O–H groups in total. The second-order valence-electron chi connectivity index (χ2n) is 8.26. The molecule has 1 fully saturated rings. The van der Waals surface area contributed by atoms with Crippen molar-refractivity contribution in [3.8, 4) is 0 Å². The summed E-state index contributed by atoms with van der Waals surface area (Å²) in [6.45, 7) is 2.74. The van der Waals surface area contributed by atoms with Gasteiger partial charge in [0.15, 0.2) is 0 Å². The van der Waals surface area contributed by atoms with Crippen LogP contribution in [0.4, 0.5) is 11.4 Å². The smallest absolute Gasteiger partial charge is 0.270 e. The van der Waals surface area contributed by atoms with E-state index in [1.165, 1.54) is 19.3 Å². The van der Waals surface area contributed by atoms with Crippen LogP contribution in [0.1, 0.15) is 57.1 Å². The standard InChI is InChI=1S/C24H28Cl2N4O/c1-2-29(19-6-4-3-5-7-19)24(31)21-15-23(16-8-11-18(27)12-9-16)30(28-21)22-13-10-17(25)14-20(22)26/h8-14,19,23H,2-7,15,27H2,1H3. The molecule has 5 nitrogen and oxygen atoms in total. The van der Waals surface area contributed by atoms with Crippen molar-refractivity contribution >= 4 is 46.2 Å². The van der Waals surface area contributed by atoms with Crippen LogP contribution in [0.15, 0.2) is 47.6 Å². The average molecular weight is 459 g/mol. The van der Waals surface area contributed by atoms with Crippen molar-refractivity contribution in [1.82, 2.24) is 4.90 Å². The molecule has 7 heteroatoms. The number of rotatable bonds is 5. The number of carbonyl (C=O) groups is 1. The predicted octanol–water partition coefficient (Wildman–Crippen LogP) is 6.06. The zero-order valence-corrected chi connectivity index (χ0v) is 19.2. The third kappa shape index (κ3) is 4.68. The summed E-state index contributed by atoms with van der Waals surface area (Å²) >= 11 is 12.6. The van der Waals surface area contributed by atoms with Crippen LogP contribution in [0.5, 0.6) is 0 Å². The zero-order valence-electron chi connectivity index (χ0n) is 17.7. The van der Waals surface area contributed by atoms with Crippen LogP contribution in [0.2, 0.25) is 10.0 Å². The number of amides is 1. The van der Waals surface area contributed by atoms with Gasteiger partial charge < -0.3 is 10.6 Å². The summed E-state index contributed by atoms with van der Waals surface area (Å²) < 4.78 is 0. The van der Waals surface area contributed by atoms with E-state index in [-0.39, 0.29) is 11.9 Å². The second kappa shape index (κ2) is 9.49. The Morgan fingerprint density at radius 1 is 1.13 bits per heavy atom. The van der Waals surface area contributed by atoms with Gasteiger partial charge in [-0.15, -0.1) is 0 Å². The molecule has 164 valence electrons. The second-order valence-corrected chi connectivity index (χ2v) is 9.10. The lowest BCUT2D eigenvalue weighted by Crippen LogP contribution is -2.44. The van der Waals surface area contributed by atoms with Gasteiger partial charge in [0.05, 0.1) is 16.8 Å². The maximum atomic E-state index is 13.5. The highest BCUT2D eigenvalue weighted by Crippen LogP contribution is 2.40. The maximum Gasteiger partial charge on any atom is 0.270 e. The molecule has 2 aromatic rings. The van der Waals surface area contributed by atoms with Crippen LogP contribution in [0.25, 0.3) is 0 Å². The van der Waals surface area contributed by atoms with Crippen molar-refractivity contribution in [2.24, 2.45) is 5.10 Å². The summed E-state index contributed by atoms with van der Waals surface area (Å²) in [4.78, 5) is 15.5. The van der Waals surface area contributed by atoms with Crippen molar-refractivity contribution in [2.45, 2.75) is 57.5 Å². The van der Waals surface area contributed by atoms with Gasteiger partial charge in [0.2, 0.25) is 0 Å². The maximum absolute atomic E-state index is 13.5. The summed E-state index contributed by atoms with van der Waals surface area (Å²) in [6, 6.07) is 13.2. The topological polar surface area (TPSA) is 61.9 Å². The van der Waals surface area contributed by atoms with Crippen LogP contribution in [0.3, 0.4) is 0 Å². The van der Waals surface area contributed by atoms with E-state index in [1.807, 2.05) is 47.2 Å². The summed E-state index contributed by atoms with van der Waals surface area (Å²) in [5.41, 5.74) is 8.92. The largest absolute Gasteiger partial charge is 0.399 e. The van der Waals surface area contributed by atoms with Crippen molar-refractivity contribution in [3.63, 3.8) is 0 Å². The fourth-order valence-corrected chi connectivity index (χ4v) is 5.13. The van der Waals surface area contributed by atoms with Crippen LogP contribution in [0, 0.1) is 0 Å². The van der Waals surface area contributed by atoms with E-state index >= 15 is 0 Å². The normalized spacial score (nSPS) is 19.4. The molecule has 4 rings (SSSR count). The van der Waals surface area contributed by atoms with E-state index in [1.54, 1.807) is 12.1 Å². The van der Waals surface area contributed by atoms with Gasteiger partial charge in [0.25, 0.3) is 5.91 Å². The zero-order chi connectivity index (χ0) is 22.0. The Bertz CT molecular complexity index is 970. The molecule has 31 heavy (non-hydrogen) atoms. The molecule has 0 spiro atoms. The predicted molar refractivity (Wildman–Crippen MR) is 129 cm³/mol. The fraction of sp³-hybridized carbons (Fsp3) is 0.417. The molecule has 2 aliphatic rings. The first-order valence-electron chi connectivity index (χ1n) is 11.0. The number of hydrogen-bond acceptors (Lipinski definition) is 4. The number of hydrogen-bond donors (Lipinski definition) is 1. The lowest BCUT2D eigenvalue weighted by molar-refractivity contribution is -0.126. The van der Waals surface area contributed by atoms with Crippen molar-refractivity contribution in [1.29, 1.82) is 0 Å². The molecule has 0 bridgehead atoms. The number of hydrazone groups is 1. The monoisotopic (exact) mass is 458 g/mol. The number of nitrogens with zero attached hydrogens (tertiary/aromatic N) is 3. The van der Waals surface area contributed by atoms with Gasteiger partial charge in [-0.2, -0.15) is 5.10 Å². The summed E-state index contributed by atoms with van der Waals surface area (Å²) in [7, 11) is 0. The van der Waals surface area contributed by atoms with Crippen LogP contribution < -0.4 is 10.7 Å². The minimum Gasteiger partial charge on any atom is -0.399 e. The minimum absolute atomic E-state index is 0.0300. The van der Waals surface area contributed by atoms with E-state index in [4.69, 9.17) is 34.0 Å². The van der Waals surface area contributed by atoms with E-state index in [2.05, 4.69) is 0 Å². The number of nitrogen functional groups attached to an aromatic ring is 1. The molecule has 1 saturated carbocycles. The first kappa shape index (κ1) is 22.0. The van der Waals surface area contributed by atoms with Crippen LogP contribution >= 0.6 is 23.2 Å². The SMILES string of the molecule is CCN(C(=O)C1=NN(c2ccc(Cl)cc2Cl)C(c2ccc(N)cc2)C1)C1CCCCC1. The summed E-state index contributed by atoms with van der Waals surface area (Å²) in [5, 5.41) is 7.71. The van der Waals surface area contributed by atoms with Gasteiger partial charge in [-0.25, -0.2) is 0 Å². The Morgan fingerprint density at radius 3 is 2.48 bits per heavy atom. The number of halogens is 2. The molecule has 1 aliphatic heterocycles. The first-order valence-corrected chi connectivity index (χ1v) is 11.7. The minimum atomic E-state index is -0.136. The quantitative estimate of drug-likeness (QED) is 0.553. The number of benzene rings is 2. The molecular formula is C24H28Cl2N4O. The van der Waals surface area contributed by atoms with Crippen molar-refractivity contribution in [3.05, 3.63) is 58.1 Å². The van der Waals surface area contributed by atoms with E-state index in [9.17, 15) is 4.79 Å². The van der Waals surface area contributed by atoms with Gasteiger partial charge in [0, 0.05) is 29.7 Å². The highest BCUT2D eigenvalue weighted by molar-refractivity contribution is 6.40. The Labute approximate surface area is 193 Å². The number of carbonyl (C=O) groups excluding carboxylic acids is 1. The molecule has 1 atom stereocenters. The molecule has 0 saturated heterocycles. The van der Waals surface area contributed by atoms with Gasteiger partial charge in [0.1, 0.15) is 5.71 Å². The first-order chi connectivity index (χ1) is 15.0. The van der Waals surface area contributed by atoms with Crippen molar-refractivity contribution in [2.75, 3.05) is 17.3 Å². The molecule has 0 radical (unpaired) electrons. The Kier molecular flexibility index (Phi) is 6.73. The fourth-order valence-electron chi connectivity index (χ4n) is 4.63. The third-order valence-corrected chi connectivity index (χ3v) is 6.79. The summed E-state index contributed by atoms with van der Waals surface area (Å²) in [5.74, 6) is 0.0300. The molecule has 1 aliphatic carbocycles. The average Bonchev–Trinajstić information content (AvgIpc) is 3.20. The molecule has 1 heterocycles. The van der Waals surface area contributed by atoms with Gasteiger partial charge in [-0.1, -0.05) is 54.6 Å². The van der Waals surface area contributed by atoms with Gasteiger partial charge in [-0.05, 0) is 55.7 Å². The Hall–Kier alpha value is -2.24. The van der Waals surface area contributed by atoms with Crippen molar-refractivity contribution < 1.29 is 4.79 Å². The highest BCUT2D eigenvalue weighted by atomic mass is 35.5. The number of nitrogens with two attached hydrogens (primary N) is 1. The van der Waals surface area contributed by atoms with E-state index in [0.29, 0.717) is 40.5 Å². The Balaban J connectivity index is 1.67. The highest BCUT2D eigenvalue weighted by Gasteiger charge is 2.36. The number of anilines is 2. The van der Waals surface area contributed by atoms with Crippen LogP contribution in [-0.2, 0) is 4.79 Å². The van der Waals surface area contributed by atoms with Gasteiger partial charge >= 0.3 is 0 Å². The molecule has 1 amide bonds.